The summed E-state index contributed by atoms with van der Waals surface area (Å²) in [4.78, 5) is 15.5. The van der Waals surface area contributed by atoms with Gasteiger partial charge in [-0.05, 0) is 30.7 Å². The molecule has 0 aliphatic heterocycles. The third kappa shape index (κ3) is 4.29. The summed E-state index contributed by atoms with van der Waals surface area (Å²) in [7, 11) is -3.99. The van der Waals surface area contributed by atoms with Crippen LogP contribution in [0.3, 0.4) is 0 Å². The molecule has 0 saturated heterocycles. The molecule has 1 aromatic heterocycles. The molecule has 23 heavy (non-hydrogen) atoms. The number of sulfonamides is 1. The van der Waals surface area contributed by atoms with E-state index in [0.29, 0.717) is 5.69 Å². The molecule has 2 N–H and O–H groups in total. The van der Waals surface area contributed by atoms with Crippen LogP contribution in [0.2, 0.25) is 0 Å². The standard InChI is InChI=1S/C16H19N3O3S/c1-11(2)16(20)19-23(21,22)15-10-17-8-7-14(15)18-13-6-4-5-12(3)9-13/h4-11H,1-3H3,(H,17,18)(H,19,20). The Balaban J connectivity index is 2.35. The highest BCUT2D eigenvalue weighted by Crippen LogP contribution is 2.24. The fourth-order valence-electron chi connectivity index (χ4n) is 1.88. The molecule has 1 amide bonds. The van der Waals surface area contributed by atoms with Gasteiger partial charge in [-0.3, -0.25) is 9.78 Å². The second kappa shape index (κ2) is 6.78. The van der Waals surface area contributed by atoms with Gasteiger partial charge in [-0.15, -0.1) is 0 Å². The molecule has 0 bridgehead atoms. The first-order valence-electron chi connectivity index (χ1n) is 7.14. The maximum atomic E-state index is 12.4. The van der Waals surface area contributed by atoms with E-state index in [2.05, 4.69) is 15.0 Å². The molecule has 122 valence electrons. The molecular weight excluding hydrogens is 314 g/mol. The van der Waals surface area contributed by atoms with Crippen LogP contribution in [0.25, 0.3) is 0 Å². The number of nitrogens with one attached hydrogen (secondary N) is 2. The Bertz CT molecular complexity index is 817. The summed E-state index contributed by atoms with van der Waals surface area (Å²) >= 11 is 0. The van der Waals surface area contributed by atoms with E-state index < -0.39 is 21.8 Å². The fraction of sp³-hybridized carbons (Fsp3) is 0.250. The van der Waals surface area contributed by atoms with Crippen molar-refractivity contribution >= 4 is 27.3 Å². The van der Waals surface area contributed by atoms with Crippen molar-refractivity contribution in [1.82, 2.24) is 9.71 Å². The topological polar surface area (TPSA) is 88.2 Å². The number of hydrogen-bond donors (Lipinski definition) is 2. The van der Waals surface area contributed by atoms with Gasteiger partial charge in [-0.25, -0.2) is 13.1 Å². The summed E-state index contributed by atoms with van der Waals surface area (Å²) < 4.78 is 26.9. The lowest BCUT2D eigenvalue weighted by Crippen LogP contribution is -2.34. The molecule has 0 fully saturated rings. The van der Waals surface area contributed by atoms with Gasteiger partial charge in [0.1, 0.15) is 4.90 Å². The number of aromatic nitrogens is 1. The number of amides is 1. The van der Waals surface area contributed by atoms with Gasteiger partial charge < -0.3 is 5.32 Å². The summed E-state index contributed by atoms with van der Waals surface area (Å²) in [5.41, 5.74) is 2.15. The molecule has 0 saturated carbocycles. The number of pyridine rings is 1. The maximum Gasteiger partial charge on any atom is 0.267 e. The molecule has 0 unspecified atom stereocenters. The Morgan fingerprint density at radius 1 is 1.22 bits per heavy atom. The van der Waals surface area contributed by atoms with Crippen LogP contribution in [0.1, 0.15) is 19.4 Å². The lowest BCUT2D eigenvalue weighted by atomic mass is 10.2. The second-order valence-electron chi connectivity index (χ2n) is 5.49. The quantitative estimate of drug-likeness (QED) is 0.878. The van der Waals surface area contributed by atoms with Crippen LogP contribution in [0, 0.1) is 12.8 Å². The van der Waals surface area contributed by atoms with Crippen LogP contribution in [0.5, 0.6) is 0 Å². The third-order valence-electron chi connectivity index (χ3n) is 3.13. The van der Waals surface area contributed by atoms with Crippen LogP contribution in [0.15, 0.2) is 47.6 Å². The van der Waals surface area contributed by atoms with E-state index in [1.165, 1.54) is 12.4 Å². The van der Waals surface area contributed by atoms with Crippen LogP contribution >= 0.6 is 0 Å². The minimum Gasteiger partial charge on any atom is -0.354 e. The molecule has 7 heteroatoms. The van der Waals surface area contributed by atoms with Crippen molar-refractivity contribution in [2.45, 2.75) is 25.7 Å². The molecule has 0 aliphatic rings. The molecule has 0 radical (unpaired) electrons. The minimum absolute atomic E-state index is 0.0736. The van der Waals surface area contributed by atoms with Crippen LogP contribution in [0.4, 0.5) is 11.4 Å². The third-order valence-corrected chi connectivity index (χ3v) is 4.50. The Kier molecular flexibility index (Phi) is 5.00. The summed E-state index contributed by atoms with van der Waals surface area (Å²) in [5, 5.41) is 3.05. The van der Waals surface area contributed by atoms with Crippen molar-refractivity contribution in [3.05, 3.63) is 48.3 Å². The molecule has 0 aliphatic carbocycles. The van der Waals surface area contributed by atoms with E-state index in [-0.39, 0.29) is 4.90 Å². The first kappa shape index (κ1) is 17.0. The highest BCUT2D eigenvalue weighted by Gasteiger charge is 2.23. The molecule has 1 heterocycles. The van der Waals surface area contributed by atoms with Crippen LogP contribution in [-0.4, -0.2) is 19.3 Å². The van der Waals surface area contributed by atoms with Gasteiger partial charge in [-0.1, -0.05) is 26.0 Å². The molecule has 2 aromatic rings. The number of aryl methyl sites for hydroxylation is 1. The fourth-order valence-corrected chi connectivity index (χ4v) is 3.10. The zero-order valence-corrected chi connectivity index (χ0v) is 14.0. The number of hydrogen-bond acceptors (Lipinski definition) is 5. The van der Waals surface area contributed by atoms with E-state index in [1.807, 2.05) is 31.2 Å². The number of anilines is 2. The van der Waals surface area contributed by atoms with Crippen molar-refractivity contribution in [2.75, 3.05) is 5.32 Å². The van der Waals surface area contributed by atoms with Gasteiger partial charge in [0, 0.05) is 24.0 Å². The smallest absolute Gasteiger partial charge is 0.267 e. The van der Waals surface area contributed by atoms with Gasteiger partial charge in [-0.2, -0.15) is 0 Å². The first-order valence-corrected chi connectivity index (χ1v) is 8.62. The molecule has 6 nitrogen and oxygen atoms in total. The number of benzene rings is 1. The molecule has 0 spiro atoms. The number of carbonyl (C=O) groups is 1. The van der Waals surface area contributed by atoms with Crippen LogP contribution in [-0.2, 0) is 14.8 Å². The monoisotopic (exact) mass is 333 g/mol. The Morgan fingerprint density at radius 2 is 1.96 bits per heavy atom. The zero-order chi connectivity index (χ0) is 17.0. The second-order valence-corrected chi connectivity index (χ2v) is 7.14. The Hall–Kier alpha value is -2.41. The van der Waals surface area contributed by atoms with Crippen LogP contribution < -0.4 is 10.0 Å². The number of nitrogens with zero attached hydrogens (tertiary/aromatic N) is 1. The SMILES string of the molecule is Cc1cccc(Nc2ccncc2S(=O)(=O)NC(=O)C(C)C)c1. The minimum atomic E-state index is -3.99. The number of carbonyl (C=O) groups excluding carboxylic acids is 1. The highest BCUT2D eigenvalue weighted by molar-refractivity contribution is 7.90. The lowest BCUT2D eigenvalue weighted by molar-refractivity contribution is -0.122. The zero-order valence-electron chi connectivity index (χ0n) is 13.2. The van der Waals surface area contributed by atoms with Gasteiger partial charge >= 0.3 is 0 Å². The lowest BCUT2D eigenvalue weighted by Gasteiger charge is -2.14. The van der Waals surface area contributed by atoms with Crippen molar-refractivity contribution in [2.24, 2.45) is 5.92 Å². The molecule has 0 atom stereocenters. The average molecular weight is 333 g/mol. The van der Waals surface area contributed by atoms with E-state index >= 15 is 0 Å². The molecule has 2 rings (SSSR count). The normalized spacial score (nSPS) is 11.3. The first-order chi connectivity index (χ1) is 10.8. The van der Waals surface area contributed by atoms with Crippen molar-refractivity contribution in [1.29, 1.82) is 0 Å². The summed E-state index contributed by atoms with van der Waals surface area (Å²) in [6.07, 6.45) is 2.70. The van der Waals surface area contributed by atoms with E-state index in [0.717, 1.165) is 11.3 Å². The van der Waals surface area contributed by atoms with Crippen molar-refractivity contribution in [3.8, 4) is 0 Å². The Morgan fingerprint density at radius 3 is 2.61 bits per heavy atom. The summed E-state index contributed by atoms with van der Waals surface area (Å²) in [6, 6.07) is 9.09. The van der Waals surface area contributed by atoms with Gasteiger partial charge in [0.25, 0.3) is 10.0 Å². The highest BCUT2D eigenvalue weighted by atomic mass is 32.2. The average Bonchev–Trinajstić information content (AvgIpc) is 2.47. The summed E-state index contributed by atoms with van der Waals surface area (Å²) in [5.74, 6) is -0.995. The van der Waals surface area contributed by atoms with Crippen molar-refractivity contribution < 1.29 is 13.2 Å². The predicted molar refractivity (Wildman–Crippen MR) is 88.9 cm³/mol. The molecule has 1 aromatic carbocycles. The van der Waals surface area contributed by atoms with Gasteiger partial charge in [0.15, 0.2) is 0 Å². The van der Waals surface area contributed by atoms with Gasteiger partial charge in [0.2, 0.25) is 5.91 Å². The van der Waals surface area contributed by atoms with E-state index in [9.17, 15) is 13.2 Å². The van der Waals surface area contributed by atoms with E-state index in [1.54, 1.807) is 19.9 Å². The van der Waals surface area contributed by atoms with Crippen molar-refractivity contribution in [3.63, 3.8) is 0 Å². The van der Waals surface area contributed by atoms with E-state index in [4.69, 9.17) is 0 Å². The summed E-state index contributed by atoms with van der Waals surface area (Å²) in [6.45, 7) is 5.19. The maximum absolute atomic E-state index is 12.4. The molecular formula is C16H19N3O3S. The Labute approximate surface area is 136 Å². The largest absolute Gasteiger partial charge is 0.354 e. The number of rotatable bonds is 5. The van der Waals surface area contributed by atoms with Gasteiger partial charge in [0.05, 0.1) is 5.69 Å². The predicted octanol–water partition coefficient (Wildman–Crippen LogP) is 2.59.